The quantitative estimate of drug-likeness (QED) is 0.620. The Kier molecular flexibility index (Phi) is 6.98. The lowest BCUT2D eigenvalue weighted by molar-refractivity contribution is -0.121. The van der Waals surface area contributed by atoms with Crippen LogP contribution in [0.1, 0.15) is 13.8 Å². The minimum Gasteiger partial charge on any atom is -0.353 e. The summed E-state index contributed by atoms with van der Waals surface area (Å²) in [6.45, 7) is 7.95. The summed E-state index contributed by atoms with van der Waals surface area (Å²) in [4.78, 5) is 14.8. The largest absolute Gasteiger partial charge is 0.353 e. The standard InChI is InChI=1S/C23H28N4O/c1-3-26(4-2)16-15-24-22(28)18-27-23(20-13-9-6-10-14-20)21(17-25-27)19-11-7-5-8-12-19/h5-14,17H,3-4,15-16,18H2,1-2H3,(H,24,28). The molecule has 0 aliphatic carbocycles. The molecule has 28 heavy (non-hydrogen) atoms. The van der Waals surface area contributed by atoms with E-state index in [2.05, 4.69) is 53.4 Å². The molecule has 0 aliphatic rings. The van der Waals surface area contributed by atoms with E-state index in [-0.39, 0.29) is 12.5 Å². The number of benzene rings is 2. The molecule has 1 amide bonds. The molecule has 5 nitrogen and oxygen atoms in total. The SMILES string of the molecule is CCN(CC)CCNC(=O)Cn1ncc(-c2ccccc2)c1-c1ccccc1. The van der Waals surface area contributed by atoms with Crippen LogP contribution in [-0.2, 0) is 11.3 Å². The van der Waals surface area contributed by atoms with E-state index in [1.807, 2.05) is 42.6 Å². The Balaban J connectivity index is 1.80. The van der Waals surface area contributed by atoms with Crippen molar-refractivity contribution in [2.75, 3.05) is 26.2 Å². The molecule has 1 aromatic heterocycles. The number of nitrogens with one attached hydrogen (secondary N) is 1. The second kappa shape index (κ2) is 9.85. The van der Waals surface area contributed by atoms with Gasteiger partial charge in [-0.25, -0.2) is 0 Å². The van der Waals surface area contributed by atoms with Gasteiger partial charge in [0.05, 0.1) is 11.9 Å². The Morgan fingerprint density at radius 2 is 1.57 bits per heavy atom. The number of nitrogens with zero attached hydrogens (tertiary/aromatic N) is 3. The van der Waals surface area contributed by atoms with Crippen LogP contribution in [-0.4, -0.2) is 46.8 Å². The van der Waals surface area contributed by atoms with Crippen LogP contribution in [0, 0.1) is 0 Å². The van der Waals surface area contributed by atoms with Gasteiger partial charge in [-0.05, 0) is 18.7 Å². The van der Waals surface area contributed by atoms with Gasteiger partial charge in [-0.15, -0.1) is 0 Å². The fourth-order valence-electron chi connectivity index (χ4n) is 3.32. The Bertz CT molecular complexity index is 870. The smallest absolute Gasteiger partial charge is 0.241 e. The number of carbonyl (C=O) groups is 1. The first kappa shape index (κ1) is 19.8. The molecular formula is C23H28N4O. The summed E-state index contributed by atoms with van der Waals surface area (Å²) in [7, 11) is 0. The first-order valence-electron chi connectivity index (χ1n) is 9.88. The average Bonchev–Trinajstić information content (AvgIpc) is 3.16. The number of hydrogen-bond acceptors (Lipinski definition) is 3. The maximum atomic E-state index is 12.5. The van der Waals surface area contributed by atoms with Gasteiger partial charge in [0, 0.05) is 24.2 Å². The Hall–Kier alpha value is -2.92. The number of rotatable bonds is 9. The lowest BCUT2D eigenvalue weighted by Gasteiger charge is -2.18. The Labute approximate surface area is 167 Å². The molecule has 5 heteroatoms. The third kappa shape index (κ3) is 4.87. The van der Waals surface area contributed by atoms with Crippen LogP contribution < -0.4 is 5.32 Å². The van der Waals surface area contributed by atoms with E-state index in [1.54, 1.807) is 4.68 Å². The van der Waals surface area contributed by atoms with Gasteiger partial charge in [0.25, 0.3) is 0 Å². The van der Waals surface area contributed by atoms with Crippen molar-refractivity contribution >= 4 is 5.91 Å². The molecule has 0 saturated heterocycles. The second-order valence-corrected chi connectivity index (χ2v) is 6.67. The van der Waals surface area contributed by atoms with Crippen molar-refractivity contribution in [2.24, 2.45) is 0 Å². The fraction of sp³-hybridized carbons (Fsp3) is 0.304. The van der Waals surface area contributed by atoms with Crippen molar-refractivity contribution in [3.8, 4) is 22.4 Å². The van der Waals surface area contributed by atoms with E-state index in [1.165, 1.54) is 0 Å². The molecule has 0 aliphatic heterocycles. The maximum absolute atomic E-state index is 12.5. The molecule has 0 atom stereocenters. The van der Waals surface area contributed by atoms with E-state index in [9.17, 15) is 4.79 Å². The molecule has 0 fully saturated rings. The fourth-order valence-corrected chi connectivity index (χ4v) is 3.32. The predicted octanol–water partition coefficient (Wildman–Crippen LogP) is 3.68. The van der Waals surface area contributed by atoms with Gasteiger partial charge in [0.1, 0.15) is 6.54 Å². The molecule has 146 valence electrons. The summed E-state index contributed by atoms with van der Waals surface area (Å²) in [5.74, 6) is -0.0213. The van der Waals surface area contributed by atoms with E-state index in [4.69, 9.17) is 0 Å². The van der Waals surface area contributed by atoms with Crippen LogP contribution in [0.15, 0.2) is 66.9 Å². The number of amides is 1. The summed E-state index contributed by atoms with van der Waals surface area (Å²) >= 11 is 0. The topological polar surface area (TPSA) is 50.2 Å². The molecular weight excluding hydrogens is 348 g/mol. The van der Waals surface area contributed by atoms with Gasteiger partial charge in [-0.3, -0.25) is 9.48 Å². The Morgan fingerprint density at radius 3 is 2.18 bits per heavy atom. The minimum absolute atomic E-state index is 0.0213. The summed E-state index contributed by atoms with van der Waals surface area (Å²) < 4.78 is 1.80. The van der Waals surface area contributed by atoms with Gasteiger partial charge in [-0.1, -0.05) is 74.5 Å². The molecule has 0 bridgehead atoms. The Morgan fingerprint density at radius 1 is 0.964 bits per heavy atom. The monoisotopic (exact) mass is 376 g/mol. The number of carbonyl (C=O) groups excluding carboxylic acids is 1. The van der Waals surface area contributed by atoms with Crippen molar-refractivity contribution in [3.63, 3.8) is 0 Å². The third-order valence-corrected chi connectivity index (χ3v) is 4.91. The zero-order valence-corrected chi connectivity index (χ0v) is 16.6. The second-order valence-electron chi connectivity index (χ2n) is 6.67. The summed E-state index contributed by atoms with van der Waals surface area (Å²) in [5.41, 5.74) is 4.14. The van der Waals surface area contributed by atoms with Gasteiger partial charge in [0.2, 0.25) is 5.91 Å². The van der Waals surface area contributed by atoms with E-state index in [0.29, 0.717) is 6.54 Å². The van der Waals surface area contributed by atoms with Crippen molar-refractivity contribution in [1.82, 2.24) is 20.0 Å². The molecule has 1 N–H and O–H groups in total. The first-order valence-corrected chi connectivity index (χ1v) is 9.88. The predicted molar refractivity (Wildman–Crippen MR) is 114 cm³/mol. The molecule has 0 saturated carbocycles. The first-order chi connectivity index (χ1) is 13.7. The summed E-state index contributed by atoms with van der Waals surface area (Å²) in [5, 5.41) is 7.55. The van der Waals surface area contributed by atoms with E-state index in [0.717, 1.165) is 42.0 Å². The van der Waals surface area contributed by atoms with Crippen LogP contribution in [0.2, 0.25) is 0 Å². The maximum Gasteiger partial charge on any atom is 0.241 e. The lowest BCUT2D eigenvalue weighted by atomic mass is 10.0. The highest BCUT2D eigenvalue weighted by atomic mass is 16.2. The minimum atomic E-state index is -0.0213. The highest BCUT2D eigenvalue weighted by Crippen LogP contribution is 2.31. The van der Waals surface area contributed by atoms with Crippen LogP contribution in [0.4, 0.5) is 0 Å². The molecule has 0 unspecified atom stereocenters. The highest BCUT2D eigenvalue weighted by molar-refractivity contribution is 5.82. The van der Waals surface area contributed by atoms with Gasteiger partial charge < -0.3 is 10.2 Å². The molecule has 0 spiro atoms. The number of aromatic nitrogens is 2. The number of hydrogen-bond donors (Lipinski definition) is 1. The van der Waals surface area contributed by atoms with Crippen LogP contribution in [0.3, 0.4) is 0 Å². The van der Waals surface area contributed by atoms with Crippen LogP contribution in [0.5, 0.6) is 0 Å². The van der Waals surface area contributed by atoms with E-state index < -0.39 is 0 Å². The van der Waals surface area contributed by atoms with Crippen LogP contribution >= 0.6 is 0 Å². The summed E-state index contributed by atoms with van der Waals surface area (Å²) in [6.07, 6.45) is 1.85. The molecule has 1 heterocycles. The summed E-state index contributed by atoms with van der Waals surface area (Å²) in [6, 6.07) is 20.3. The van der Waals surface area contributed by atoms with Crippen molar-refractivity contribution in [2.45, 2.75) is 20.4 Å². The zero-order chi connectivity index (χ0) is 19.8. The molecule has 2 aromatic carbocycles. The third-order valence-electron chi connectivity index (χ3n) is 4.91. The van der Waals surface area contributed by atoms with Gasteiger partial charge in [-0.2, -0.15) is 5.10 Å². The van der Waals surface area contributed by atoms with Crippen molar-refractivity contribution in [1.29, 1.82) is 0 Å². The van der Waals surface area contributed by atoms with Gasteiger partial charge in [0.15, 0.2) is 0 Å². The lowest BCUT2D eigenvalue weighted by Crippen LogP contribution is -2.36. The molecule has 0 radical (unpaired) electrons. The van der Waals surface area contributed by atoms with Gasteiger partial charge >= 0.3 is 0 Å². The average molecular weight is 377 g/mol. The van der Waals surface area contributed by atoms with Crippen molar-refractivity contribution in [3.05, 3.63) is 66.9 Å². The zero-order valence-electron chi connectivity index (χ0n) is 16.6. The van der Waals surface area contributed by atoms with Crippen LogP contribution in [0.25, 0.3) is 22.4 Å². The molecule has 3 rings (SSSR count). The highest BCUT2D eigenvalue weighted by Gasteiger charge is 2.16. The normalized spacial score (nSPS) is 11.0. The number of likely N-dealkylation sites (N-methyl/N-ethyl adjacent to an activating group) is 1. The van der Waals surface area contributed by atoms with Crippen molar-refractivity contribution < 1.29 is 4.79 Å². The molecule has 3 aromatic rings. The van der Waals surface area contributed by atoms with E-state index >= 15 is 0 Å².